The molecule has 2 aromatic rings. The van der Waals surface area contributed by atoms with Crippen LogP contribution in [0.5, 0.6) is 5.75 Å². The Morgan fingerprint density at radius 1 is 1.00 bits per heavy atom. The van der Waals surface area contributed by atoms with Crippen molar-refractivity contribution in [2.75, 3.05) is 6.54 Å². The zero-order valence-corrected chi connectivity index (χ0v) is 11.8. The Hall–Kier alpha value is -2.49. The van der Waals surface area contributed by atoms with Crippen LogP contribution in [0.3, 0.4) is 0 Å². The van der Waals surface area contributed by atoms with Crippen LogP contribution in [-0.2, 0) is 17.8 Å². The van der Waals surface area contributed by atoms with Gasteiger partial charge in [-0.1, -0.05) is 42.5 Å². The lowest BCUT2D eigenvalue weighted by Gasteiger charge is -2.07. The second-order valence-electron chi connectivity index (χ2n) is 4.76. The minimum atomic E-state index is -0.399. The molecule has 0 aliphatic rings. The summed E-state index contributed by atoms with van der Waals surface area (Å²) in [5.74, 6) is 0.265. The van der Waals surface area contributed by atoms with Crippen LogP contribution in [0.15, 0.2) is 54.6 Å². The molecule has 21 heavy (non-hydrogen) atoms. The molecule has 1 amide bonds. The van der Waals surface area contributed by atoms with E-state index in [0.717, 1.165) is 24.0 Å². The minimum Gasteiger partial charge on any atom is -0.508 e. The van der Waals surface area contributed by atoms with E-state index in [9.17, 15) is 9.90 Å². The van der Waals surface area contributed by atoms with Gasteiger partial charge in [0.25, 0.3) is 0 Å². The minimum absolute atomic E-state index is 0.265. The van der Waals surface area contributed by atoms with Crippen LogP contribution in [0.4, 0.5) is 4.79 Å². The number of aryl methyl sites for hydroxylation is 1. The molecule has 0 bridgehead atoms. The molecule has 0 saturated carbocycles. The maximum Gasteiger partial charge on any atom is 0.407 e. The number of amides is 1. The molecule has 2 aromatic carbocycles. The summed E-state index contributed by atoms with van der Waals surface area (Å²) >= 11 is 0. The highest BCUT2D eigenvalue weighted by molar-refractivity contribution is 5.67. The van der Waals surface area contributed by atoms with Gasteiger partial charge in [0.2, 0.25) is 0 Å². The number of hydrogen-bond donors (Lipinski definition) is 2. The number of phenolic OH excluding ortho intramolecular Hbond substituents is 1. The van der Waals surface area contributed by atoms with Crippen molar-refractivity contribution in [1.82, 2.24) is 5.32 Å². The molecule has 0 spiro atoms. The third-order valence-corrected chi connectivity index (χ3v) is 3.06. The highest BCUT2D eigenvalue weighted by atomic mass is 16.5. The van der Waals surface area contributed by atoms with Crippen molar-refractivity contribution in [3.63, 3.8) is 0 Å². The molecule has 4 nitrogen and oxygen atoms in total. The number of carbonyl (C=O) groups is 1. The Bertz CT molecular complexity index is 552. The first kappa shape index (κ1) is 14.9. The van der Waals surface area contributed by atoms with Gasteiger partial charge in [0, 0.05) is 6.54 Å². The van der Waals surface area contributed by atoms with Gasteiger partial charge in [0.15, 0.2) is 0 Å². The fourth-order valence-electron chi connectivity index (χ4n) is 1.92. The third kappa shape index (κ3) is 5.57. The largest absolute Gasteiger partial charge is 0.508 e. The number of aromatic hydroxyl groups is 1. The van der Waals surface area contributed by atoms with E-state index in [-0.39, 0.29) is 12.4 Å². The van der Waals surface area contributed by atoms with Crippen LogP contribution in [0, 0.1) is 0 Å². The molecular formula is C17H19NO3. The quantitative estimate of drug-likeness (QED) is 0.801. The molecular weight excluding hydrogens is 266 g/mol. The van der Waals surface area contributed by atoms with Crippen molar-refractivity contribution in [1.29, 1.82) is 0 Å². The molecule has 0 saturated heterocycles. The lowest BCUT2D eigenvalue weighted by Crippen LogP contribution is -2.25. The van der Waals surface area contributed by atoms with Gasteiger partial charge >= 0.3 is 6.09 Å². The van der Waals surface area contributed by atoms with Gasteiger partial charge in [0.05, 0.1) is 0 Å². The molecule has 0 aliphatic carbocycles. The van der Waals surface area contributed by atoms with Gasteiger partial charge in [-0.15, -0.1) is 0 Å². The predicted octanol–water partition coefficient (Wildman–Crippen LogP) is 3.25. The molecule has 0 aromatic heterocycles. The fraction of sp³-hybridized carbons (Fsp3) is 0.235. The number of hydrogen-bond acceptors (Lipinski definition) is 3. The molecule has 0 radical (unpaired) electrons. The van der Waals surface area contributed by atoms with Crippen molar-refractivity contribution < 1.29 is 14.6 Å². The van der Waals surface area contributed by atoms with Gasteiger partial charge < -0.3 is 15.2 Å². The Labute approximate surface area is 124 Å². The van der Waals surface area contributed by atoms with Crippen LogP contribution in [-0.4, -0.2) is 17.7 Å². The van der Waals surface area contributed by atoms with E-state index in [1.54, 1.807) is 12.1 Å². The monoisotopic (exact) mass is 285 g/mol. The predicted molar refractivity (Wildman–Crippen MR) is 81.1 cm³/mol. The van der Waals surface area contributed by atoms with Gasteiger partial charge in [0.1, 0.15) is 12.4 Å². The van der Waals surface area contributed by atoms with E-state index < -0.39 is 6.09 Å². The summed E-state index contributed by atoms with van der Waals surface area (Å²) in [4.78, 5) is 11.5. The van der Waals surface area contributed by atoms with E-state index in [4.69, 9.17) is 4.74 Å². The highest BCUT2D eigenvalue weighted by Crippen LogP contribution is 2.10. The van der Waals surface area contributed by atoms with E-state index in [2.05, 4.69) is 5.32 Å². The van der Waals surface area contributed by atoms with E-state index in [1.165, 1.54) is 0 Å². The molecule has 0 atom stereocenters. The Morgan fingerprint density at radius 3 is 2.43 bits per heavy atom. The molecule has 2 rings (SSSR count). The smallest absolute Gasteiger partial charge is 0.407 e. The van der Waals surface area contributed by atoms with E-state index >= 15 is 0 Å². The summed E-state index contributed by atoms with van der Waals surface area (Å²) in [5, 5.41) is 11.9. The normalized spacial score (nSPS) is 10.1. The summed E-state index contributed by atoms with van der Waals surface area (Å²) < 4.78 is 5.11. The number of alkyl carbamates (subject to hydrolysis) is 1. The van der Waals surface area contributed by atoms with Crippen molar-refractivity contribution in [2.45, 2.75) is 19.4 Å². The topological polar surface area (TPSA) is 58.6 Å². The number of carbonyl (C=O) groups excluding carboxylic acids is 1. The number of phenols is 1. The van der Waals surface area contributed by atoms with Crippen LogP contribution in [0.1, 0.15) is 17.5 Å². The number of benzene rings is 2. The van der Waals surface area contributed by atoms with Gasteiger partial charge in [-0.2, -0.15) is 0 Å². The molecule has 0 fully saturated rings. The van der Waals surface area contributed by atoms with Crippen LogP contribution in [0.2, 0.25) is 0 Å². The molecule has 0 unspecified atom stereocenters. The molecule has 2 N–H and O–H groups in total. The lowest BCUT2D eigenvalue weighted by molar-refractivity contribution is 0.139. The second-order valence-corrected chi connectivity index (χ2v) is 4.76. The van der Waals surface area contributed by atoms with Crippen LogP contribution < -0.4 is 5.32 Å². The summed E-state index contributed by atoms with van der Waals surface area (Å²) in [6.45, 7) is 0.846. The summed E-state index contributed by atoms with van der Waals surface area (Å²) in [5.41, 5.74) is 2.10. The van der Waals surface area contributed by atoms with Gasteiger partial charge in [-0.05, 0) is 36.1 Å². The van der Waals surface area contributed by atoms with Crippen molar-refractivity contribution in [3.8, 4) is 5.75 Å². The number of nitrogens with one attached hydrogen (secondary N) is 1. The Morgan fingerprint density at radius 2 is 1.71 bits per heavy atom. The molecule has 0 aliphatic heterocycles. The average molecular weight is 285 g/mol. The third-order valence-electron chi connectivity index (χ3n) is 3.06. The second kappa shape index (κ2) is 7.94. The first-order valence-corrected chi connectivity index (χ1v) is 6.96. The van der Waals surface area contributed by atoms with Gasteiger partial charge in [-0.25, -0.2) is 4.79 Å². The highest BCUT2D eigenvalue weighted by Gasteiger charge is 2.02. The van der Waals surface area contributed by atoms with Gasteiger partial charge in [-0.3, -0.25) is 0 Å². The number of ether oxygens (including phenoxy) is 1. The lowest BCUT2D eigenvalue weighted by atomic mass is 10.1. The van der Waals surface area contributed by atoms with Crippen LogP contribution in [0.25, 0.3) is 0 Å². The first-order valence-electron chi connectivity index (χ1n) is 6.96. The maximum atomic E-state index is 11.5. The molecule has 4 heteroatoms. The summed E-state index contributed by atoms with van der Waals surface area (Å²) in [6, 6.07) is 16.7. The summed E-state index contributed by atoms with van der Waals surface area (Å²) in [6.07, 6.45) is 1.27. The van der Waals surface area contributed by atoms with Crippen molar-refractivity contribution in [3.05, 3.63) is 65.7 Å². The first-order chi connectivity index (χ1) is 10.2. The van der Waals surface area contributed by atoms with E-state index in [0.29, 0.717) is 6.54 Å². The maximum absolute atomic E-state index is 11.5. The Kier molecular flexibility index (Phi) is 5.64. The zero-order valence-electron chi connectivity index (χ0n) is 11.8. The standard InChI is InChI=1S/C17H19NO3/c19-16-10-8-14(9-11-16)7-4-12-18-17(20)21-13-15-5-2-1-3-6-15/h1-3,5-6,8-11,19H,4,7,12-13H2,(H,18,20). The zero-order chi connectivity index (χ0) is 14.9. The number of rotatable bonds is 6. The molecule has 110 valence electrons. The Balaban J connectivity index is 1.60. The average Bonchev–Trinajstić information content (AvgIpc) is 2.52. The van der Waals surface area contributed by atoms with Crippen molar-refractivity contribution >= 4 is 6.09 Å². The van der Waals surface area contributed by atoms with E-state index in [1.807, 2.05) is 42.5 Å². The van der Waals surface area contributed by atoms with Crippen LogP contribution >= 0.6 is 0 Å². The SMILES string of the molecule is O=C(NCCCc1ccc(O)cc1)OCc1ccccc1. The molecule has 0 heterocycles. The van der Waals surface area contributed by atoms with Crippen molar-refractivity contribution in [2.24, 2.45) is 0 Å². The fourth-order valence-corrected chi connectivity index (χ4v) is 1.92. The summed E-state index contributed by atoms with van der Waals surface area (Å²) in [7, 11) is 0.